The highest BCUT2D eigenvalue weighted by molar-refractivity contribution is 6.02. The minimum Gasteiger partial charge on any atom is -0.624 e. The first-order valence-corrected chi connectivity index (χ1v) is 11.4. The van der Waals surface area contributed by atoms with Crippen molar-refractivity contribution in [3.63, 3.8) is 0 Å². The van der Waals surface area contributed by atoms with Gasteiger partial charge in [-0.2, -0.15) is 0 Å². The molecule has 11 nitrogen and oxygen atoms in total. The average Bonchev–Trinajstić information content (AvgIpc) is 3.07. The summed E-state index contributed by atoms with van der Waals surface area (Å²) in [5, 5.41) is 18.9. The van der Waals surface area contributed by atoms with Gasteiger partial charge in [-0.25, -0.2) is 4.79 Å². The first-order chi connectivity index (χ1) is 15.9. The number of fused-ring (bicyclic) bond motifs is 1. The van der Waals surface area contributed by atoms with Crippen LogP contribution in [0.2, 0.25) is 0 Å². The molecule has 0 radical (unpaired) electrons. The van der Waals surface area contributed by atoms with Crippen LogP contribution in [0.5, 0.6) is 0 Å². The molecule has 0 aliphatic carbocycles. The van der Waals surface area contributed by atoms with Crippen LogP contribution < -0.4 is 16.4 Å². The van der Waals surface area contributed by atoms with E-state index in [2.05, 4.69) is 15.5 Å². The van der Waals surface area contributed by atoms with Gasteiger partial charge in [-0.3, -0.25) is 24.5 Å². The van der Waals surface area contributed by atoms with E-state index in [1.54, 1.807) is 12.1 Å². The number of carbonyl (C=O) groups excluding carboxylic acids is 3. The van der Waals surface area contributed by atoms with E-state index in [0.717, 1.165) is 19.6 Å². The van der Waals surface area contributed by atoms with Gasteiger partial charge < -0.3 is 25.7 Å². The standard InChI is InChI=1S/C22H31N5O6/c23-12-15-13-26(8-11-33-15)7-10-32-9-6-24-18-3-1-2-16-17(18)14-27(31,22(16)30)19-4-5-20(28)25-21(19)29/h1-3,15,19,24H,4-14,23H2,(H,25,28,29). The number of hydrogen-bond donors (Lipinski definition) is 3. The summed E-state index contributed by atoms with van der Waals surface area (Å²) >= 11 is 0. The third-order valence-electron chi connectivity index (χ3n) is 6.46. The summed E-state index contributed by atoms with van der Waals surface area (Å²) in [5.74, 6) is -1.73. The Bertz CT molecular complexity index is 911. The fourth-order valence-corrected chi connectivity index (χ4v) is 4.65. The minimum atomic E-state index is -1.28. The number of quaternary nitrogens is 1. The summed E-state index contributed by atoms with van der Waals surface area (Å²) in [7, 11) is 0. The summed E-state index contributed by atoms with van der Waals surface area (Å²) in [4.78, 5) is 38.9. The van der Waals surface area contributed by atoms with Crippen LogP contribution in [0.1, 0.15) is 28.8 Å². The summed E-state index contributed by atoms with van der Waals surface area (Å²) < 4.78 is 10.0. The topological polar surface area (TPSA) is 146 Å². The van der Waals surface area contributed by atoms with Crippen LogP contribution in [0.4, 0.5) is 5.69 Å². The Morgan fingerprint density at radius 1 is 1.30 bits per heavy atom. The number of amides is 3. The Hall–Kier alpha value is -2.41. The number of hydrogen-bond acceptors (Lipinski definition) is 9. The quantitative estimate of drug-likeness (QED) is 0.193. The lowest BCUT2D eigenvalue weighted by molar-refractivity contribution is -0.825. The number of rotatable bonds is 9. The predicted octanol–water partition coefficient (Wildman–Crippen LogP) is -0.452. The number of benzene rings is 1. The highest BCUT2D eigenvalue weighted by atomic mass is 16.6. The van der Waals surface area contributed by atoms with E-state index in [1.165, 1.54) is 0 Å². The second kappa shape index (κ2) is 10.2. The zero-order valence-corrected chi connectivity index (χ0v) is 18.6. The molecule has 3 unspecified atom stereocenters. The Morgan fingerprint density at radius 3 is 2.94 bits per heavy atom. The van der Waals surface area contributed by atoms with E-state index >= 15 is 0 Å². The van der Waals surface area contributed by atoms with Gasteiger partial charge in [0.2, 0.25) is 5.91 Å². The molecule has 2 saturated heterocycles. The molecule has 2 fully saturated rings. The summed E-state index contributed by atoms with van der Waals surface area (Å²) in [6, 6.07) is 4.03. The smallest absolute Gasteiger partial charge is 0.347 e. The van der Waals surface area contributed by atoms with E-state index in [-0.39, 0.29) is 25.5 Å². The molecule has 1 aromatic carbocycles. The molecule has 0 aromatic heterocycles. The molecule has 0 bridgehead atoms. The Kier molecular flexibility index (Phi) is 7.37. The Labute approximate surface area is 192 Å². The normalized spacial score (nSPS) is 28.0. The molecule has 0 spiro atoms. The van der Waals surface area contributed by atoms with Crippen molar-refractivity contribution >= 4 is 23.4 Å². The van der Waals surface area contributed by atoms with Gasteiger partial charge in [0.1, 0.15) is 6.54 Å². The zero-order chi connectivity index (χ0) is 23.4. The van der Waals surface area contributed by atoms with Crippen molar-refractivity contribution in [3.8, 4) is 0 Å². The highest BCUT2D eigenvalue weighted by Gasteiger charge is 2.50. The number of hydroxylamine groups is 3. The molecule has 180 valence electrons. The van der Waals surface area contributed by atoms with E-state index < -0.39 is 28.4 Å². The lowest BCUT2D eigenvalue weighted by Crippen LogP contribution is -2.60. The monoisotopic (exact) mass is 461 g/mol. The van der Waals surface area contributed by atoms with Crippen LogP contribution in [0.25, 0.3) is 0 Å². The van der Waals surface area contributed by atoms with E-state index in [4.69, 9.17) is 15.2 Å². The maximum absolute atomic E-state index is 13.5. The van der Waals surface area contributed by atoms with Crippen LogP contribution >= 0.6 is 0 Å². The molecule has 4 N–H and O–H groups in total. The van der Waals surface area contributed by atoms with Crippen LogP contribution in [0.15, 0.2) is 18.2 Å². The molecule has 3 aliphatic rings. The largest absolute Gasteiger partial charge is 0.624 e. The summed E-state index contributed by atoms with van der Waals surface area (Å²) in [5.41, 5.74) is 7.28. The molecule has 3 aliphatic heterocycles. The minimum absolute atomic E-state index is 0.0576. The molecule has 11 heteroatoms. The van der Waals surface area contributed by atoms with Crippen molar-refractivity contribution in [1.29, 1.82) is 0 Å². The molecular formula is C22H31N5O6. The fraction of sp³-hybridized carbons (Fsp3) is 0.591. The molecule has 3 amide bonds. The molecule has 3 heterocycles. The number of morpholine rings is 1. The first-order valence-electron chi connectivity index (χ1n) is 11.4. The number of ether oxygens (including phenoxy) is 2. The van der Waals surface area contributed by atoms with Crippen LogP contribution in [0, 0.1) is 5.21 Å². The molecule has 1 aromatic rings. The Morgan fingerprint density at radius 2 is 2.15 bits per heavy atom. The first kappa shape index (κ1) is 23.7. The molecular weight excluding hydrogens is 430 g/mol. The van der Waals surface area contributed by atoms with Gasteiger partial charge in [-0.05, 0) is 12.1 Å². The van der Waals surface area contributed by atoms with Crippen LogP contribution in [0.3, 0.4) is 0 Å². The van der Waals surface area contributed by atoms with Crippen molar-refractivity contribution in [3.05, 3.63) is 34.5 Å². The lowest BCUT2D eigenvalue weighted by atomic mass is 10.0. The highest BCUT2D eigenvalue weighted by Crippen LogP contribution is 2.37. The zero-order valence-electron chi connectivity index (χ0n) is 18.6. The number of nitrogens with zero attached hydrogens (tertiary/aromatic N) is 2. The third-order valence-corrected chi connectivity index (χ3v) is 6.46. The van der Waals surface area contributed by atoms with Crippen molar-refractivity contribution in [2.75, 3.05) is 57.9 Å². The maximum atomic E-state index is 13.5. The van der Waals surface area contributed by atoms with E-state index in [9.17, 15) is 19.6 Å². The second-order valence-corrected chi connectivity index (χ2v) is 8.63. The van der Waals surface area contributed by atoms with Crippen molar-refractivity contribution in [2.45, 2.75) is 31.5 Å². The number of anilines is 1. The van der Waals surface area contributed by atoms with Crippen molar-refractivity contribution < 1.29 is 28.5 Å². The predicted molar refractivity (Wildman–Crippen MR) is 119 cm³/mol. The summed E-state index contributed by atoms with van der Waals surface area (Å²) in [6.45, 7) is 5.10. The number of imide groups is 1. The van der Waals surface area contributed by atoms with Gasteiger partial charge in [0, 0.05) is 56.8 Å². The van der Waals surface area contributed by atoms with Crippen LogP contribution in [-0.2, 0) is 25.6 Å². The Balaban J connectivity index is 1.28. The fourth-order valence-electron chi connectivity index (χ4n) is 4.65. The number of nitrogens with one attached hydrogen (secondary N) is 2. The number of nitrogens with two attached hydrogens (primary N) is 1. The van der Waals surface area contributed by atoms with E-state index in [1.807, 2.05) is 6.07 Å². The van der Waals surface area contributed by atoms with Gasteiger partial charge in [-0.15, -0.1) is 0 Å². The van der Waals surface area contributed by atoms with Gasteiger partial charge in [0.05, 0.1) is 31.5 Å². The molecule has 3 atom stereocenters. The second-order valence-electron chi connectivity index (χ2n) is 8.63. The van der Waals surface area contributed by atoms with Gasteiger partial charge in [-0.1, -0.05) is 6.07 Å². The van der Waals surface area contributed by atoms with Crippen LogP contribution in [-0.4, -0.2) is 92.0 Å². The number of piperidine rings is 1. The molecule has 0 saturated carbocycles. The molecule has 4 rings (SSSR count). The average molecular weight is 462 g/mol. The third kappa shape index (κ3) is 5.08. The van der Waals surface area contributed by atoms with Crippen molar-refractivity contribution in [1.82, 2.24) is 10.2 Å². The SMILES string of the molecule is NCC1CN(CCOCCNc2cccc3c2C[N+]([O-])(C2CCC(=O)NC2=O)C3=O)CCO1. The van der Waals surface area contributed by atoms with Gasteiger partial charge in [0.15, 0.2) is 6.04 Å². The van der Waals surface area contributed by atoms with E-state index in [0.29, 0.717) is 49.7 Å². The van der Waals surface area contributed by atoms with Gasteiger partial charge >= 0.3 is 5.91 Å². The maximum Gasteiger partial charge on any atom is 0.347 e. The summed E-state index contributed by atoms with van der Waals surface area (Å²) in [6.07, 6.45) is 0.205. The lowest BCUT2D eigenvalue weighted by Gasteiger charge is -2.42. The molecule has 33 heavy (non-hydrogen) atoms. The van der Waals surface area contributed by atoms with Crippen molar-refractivity contribution in [2.24, 2.45) is 5.73 Å². The number of carbonyl (C=O) groups is 3. The van der Waals surface area contributed by atoms with Gasteiger partial charge in [0.25, 0.3) is 5.91 Å².